The predicted octanol–water partition coefficient (Wildman–Crippen LogP) is 3.03. The van der Waals surface area contributed by atoms with Crippen LogP contribution in [0.3, 0.4) is 0 Å². The van der Waals surface area contributed by atoms with Gasteiger partial charge in [0.2, 0.25) is 11.6 Å². The smallest absolute Gasteiger partial charge is 0.266 e. The van der Waals surface area contributed by atoms with Gasteiger partial charge in [-0.2, -0.15) is 0 Å². The zero-order valence-corrected chi connectivity index (χ0v) is 12.8. The minimum atomic E-state index is -0.120. The number of para-hydroxylation sites is 2. The molecule has 0 fully saturated rings. The lowest BCUT2D eigenvalue weighted by molar-refractivity contribution is -0.114. The number of benzene rings is 2. The fraction of sp³-hybridized carbons (Fsp3) is 0.0588. The number of hydrogen-bond donors (Lipinski definition) is 1. The Morgan fingerprint density at radius 1 is 1.12 bits per heavy atom. The van der Waals surface area contributed by atoms with Crippen LogP contribution < -0.4 is 10.1 Å². The van der Waals surface area contributed by atoms with Crippen molar-refractivity contribution in [1.29, 1.82) is 0 Å². The van der Waals surface area contributed by atoms with E-state index >= 15 is 0 Å². The maximum Gasteiger partial charge on any atom is 0.266 e. The maximum atomic E-state index is 11.1. The molecule has 0 saturated heterocycles. The van der Waals surface area contributed by atoms with Crippen molar-refractivity contribution in [1.82, 2.24) is 19.6 Å². The fourth-order valence-corrected chi connectivity index (χ4v) is 2.47. The Bertz CT molecular complexity index is 1040. The summed E-state index contributed by atoms with van der Waals surface area (Å²) in [7, 11) is 0. The molecular weight excluding hydrogens is 306 g/mol. The molecule has 118 valence electrons. The molecule has 0 radical (unpaired) electrons. The maximum absolute atomic E-state index is 11.1. The first-order chi connectivity index (χ1) is 11.7. The van der Waals surface area contributed by atoms with Crippen LogP contribution in [-0.2, 0) is 4.79 Å². The van der Waals surface area contributed by atoms with Crippen LogP contribution in [0.2, 0.25) is 0 Å². The van der Waals surface area contributed by atoms with E-state index in [9.17, 15) is 4.79 Å². The molecule has 4 aromatic rings. The molecule has 4 rings (SSSR count). The number of amides is 1. The Hall–Kier alpha value is -3.48. The van der Waals surface area contributed by atoms with Crippen LogP contribution in [-0.4, -0.2) is 25.5 Å². The summed E-state index contributed by atoms with van der Waals surface area (Å²) in [6.45, 7) is 1.46. The van der Waals surface area contributed by atoms with E-state index < -0.39 is 0 Å². The number of fused-ring (bicyclic) bond motifs is 3. The molecule has 7 heteroatoms. The molecule has 0 atom stereocenters. The van der Waals surface area contributed by atoms with Gasteiger partial charge in [0.05, 0.1) is 11.0 Å². The zero-order chi connectivity index (χ0) is 16.5. The Kier molecular flexibility index (Phi) is 3.31. The van der Waals surface area contributed by atoms with Gasteiger partial charge in [0, 0.05) is 12.6 Å². The van der Waals surface area contributed by atoms with Crippen LogP contribution in [0, 0.1) is 0 Å². The van der Waals surface area contributed by atoms with Crippen LogP contribution in [0.5, 0.6) is 11.6 Å². The largest absolute Gasteiger partial charge is 0.436 e. The Morgan fingerprint density at radius 2 is 1.92 bits per heavy atom. The van der Waals surface area contributed by atoms with Crippen molar-refractivity contribution in [3.8, 4) is 11.6 Å². The summed E-state index contributed by atoms with van der Waals surface area (Å²) in [5.41, 5.74) is 2.94. The second-order valence-corrected chi connectivity index (χ2v) is 5.24. The number of hydrogen-bond acceptors (Lipinski definition) is 5. The van der Waals surface area contributed by atoms with E-state index in [0.717, 1.165) is 11.0 Å². The number of nitrogens with one attached hydrogen (secondary N) is 1. The number of carbonyl (C=O) groups is 1. The molecule has 2 heterocycles. The molecule has 0 aliphatic heterocycles. The molecule has 0 unspecified atom stereocenters. The first-order valence-corrected chi connectivity index (χ1v) is 7.35. The summed E-state index contributed by atoms with van der Waals surface area (Å²) in [4.78, 5) is 15.6. The minimum absolute atomic E-state index is 0.120. The van der Waals surface area contributed by atoms with Crippen LogP contribution in [0.15, 0.2) is 54.9 Å². The number of anilines is 1. The van der Waals surface area contributed by atoms with E-state index in [1.54, 1.807) is 30.6 Å². The van der Waals surface area contributed by atoms with Gasteiger partial charge in [0.25, 0.3) is 5.88 Å². The van der Waals surface area contributed by atoms with Gasteiger partial charge >= 0.3 is 0 Å². The monoisotopic (exact) mass is 319 g/mol. The van der Waals surface area contributed by atoms with Gasteiger partial charge in [-0.15, -0.1) is 10.2 Å². The highest BCUT2D eigenvalue weighted by atomic mass is 16.5. The first-order valence-electron chi connectivity index (χ1n) is 7.35. The highest BCUT2D eigenvalue weighted by Gasteiger charge is 2.12. The van der Waals surface area contributed by atoms with Crippen molar-refractivity contribution in [3.05, 3.63) is 54.9 Å². The third-order valence-corrected chi connectivity index (χ3v) is 3.49. The Balaban J connectivity index is 1.73. The lowest BCUT2D eigenvalue weighted by atomic mass is 10.3. The van der Waals surface area contributed by atoms with Crippen LogP contribution >= 0.6 is 0 Å². The van der Waals surface area contributed by atoms with Gasteiger partial charge < -0.3 is 10.1 Å². The average Bonchev–Trinajstić information content (AvgIpc) is 3.06. The number of carbonyl (C=O) groups excluding carboxylic acids is 1. The third-order valence-electron chi connectivity index (χ3n) is 3.49. The number of ether oxygens (including phenoxy) is 1. The Morgan fingerprint density at radius 3 is 2.71 bits per heavy atom. The van der Waals surface area contributed by atoms with E-state index in [0.29, 0.717) is 23.0 Å². The molecule has 0 spiro atoms. The SMILES string of the molecule is CC(=O)Nc1ccc(Oc2nc3ccccc3n3cnnc23)cc1. The van der Waals surface area contributed by atoms with Crippen molar-refractivity contribution in [2.75, 3.05) is 5.32 Å². The topological polar surface area (TPSA) is 81.4 Å². The highest BCUT2D eigenvalue weighted by Crippen LogP contribution is 2.27. The van der Waals surface area contributed by atoms with Gasteiger partial charge in [-0.1, -0.05) is 12.1 Å². The molecular formula is C17H13N5O2. The second-order valence-electron chi connectivity index (χ2n) is 5.24. The lowest BCUT2D eigenvalue weighted by Gasteiger charge is -2.09. The van der Waals surface area contributed by atoms with Gasteiger partial charge in [-0.05, 0) is 36.4 Å². The molecule has 2 aromatic heterocycles. The van der Waals surface area contributed by atoms with Gasteiger partial charge in [-0.25, -0.2) is 4.98 Å². The third kappa shape index (κ3) is 2.52. The second kappa shape index (κ2) is 5.62. The molecule has 24 heavy (non-hydrogen) atoms. The minimum Gasteiger partial charge on any atom is -0.436 e. The summed E-state index contributed by atoms with van der Waals surface area (Å²) in [5.74, 6) is 0.847. The average molecular weight is 319 g/mol. The first kappa shape index (κ1) is 14.1. The summed E-state index contributed by atoms with van der Waals surface area (Å²) >= 11 is 0. The fourth-order valence-electron chi connectivity index (χ4n) is 2.47. The predicted molar refractivity (Wildman–Crippen MR) is 89.1 cm³/mol. The van der Waals surface area contributed by atoms with E-state index in [-0.39, 0.29) is 5.91 Å². The van der Waals surface area contributed by atoms with Crippen molar-refractivity contribution in [2.45, 2.75) is 6.92 Å². The van der Waals surface area contributed by atoms with Gasteiger partial charge in [0.1, 0.15) is 12.1 Å². The molecule has 0 bridgehead atoms. The van der Waals surface area contributed by atoms with Crippen molar-refractivity contribution in [3.63, 3.8) is 0 Å². The standard InChI is InChI=1S/C17H13N5O2/c1-11(23)19-12-6-8-13(9-7-12)24-17-16-21-18-10-22(16)15-5-3-2-4-14(15)20-17/h2-10H,1H3,(H,19,23). The summed E-state index contributed by atoms with van der Waals surface area (Å²) in [6, 6.07) is 14.7. The van der Waals surface area contributed by atoms with E-state index in [1.807, 2.05) is 28.7 Å². The number of aromatic nitrogens is 4. The molecule has 0 saturated carbocycles. The highest BCUT2D eigenvalue weighted by molar-refractivity contribution is 5.88. The number of rotatable bonds is 3. The van der Waals surface area contributed by atoms with Crippen molar-refractivity contribution >= 4 is 28.3 Å². The molecule has 0 aliphatic carbocycles. The van der Waals surface area contributed by atoms with Crippen LogP contribution in [0.1, 0.15) is 6.92 Å². The van der Waals surface area contributed by atoms with Gasteiger partial charge in [-0.3, -0.25) is 9.20 Å². The molecule has 0 aliphatic rings. The molecule has 1 amide bonds. The Labute approximate surface area is 136 Å². The van der Waals surface area contributed by atoms with E-state index in [4.69, 9.17) is 4.74 Å². The van der Waals surface area contributed by atoms with Crippen molar-refractivity contribution < 1.29 is 9.53 Å². The lowest BCUT2D eigenvalue weighted by Crippen LogP contribution is -2.05. The molecule has 7 nitrogen and oxygen atoms in total. The summed E-state index contributed by atoms with van der Waals surface area (Å²) in [5, 5.41) is 10.7. The zero-order valence-electron chi connectivity index (χ0n) is 12.8. The molecule has 1 N–H and O–H groups in total. The quantitative estimate of drug-likeness (QED) is 0.627. The summed E-state index contributed by atoms with van der Waals surface area (Å²) < 4.78 is 7.71. The number of nitrogens with zero attached hydrogens (tertiary/aromatic N) is 4. The summed E-state index contributed by atoms with van der Waals surface area (Å²) in [6.07, 6.45) is 1.63. The van der Waals surface area contributed by atoms with Gasteiger partial charge in [0.15, 0.2) is 0 Å². The van der Waals surface area contributed by atoms with Crippen LogP contribution in [0.4, 0.5) is 5.69 Å². The molecule has 2 aromatic carbocycles. The normalized spacial score (nSPS) is 10.9. The van der Waals surface area contributed by atoms with E-state index in [1.165, 1.54) is 6.92 Å². The van der Waals surface area contributed by atoms with Crippen molar-refractivity contribution in [2.24, 2.45) is 0 Å². The van der Waals surface area contributed by atoms with Crippen LogP contribution in [0.25, 0.3) is 16.7 Å². The van der Waals surface area contributed by atoms with E-state index in [2.05, 4.69) is 20.5 Å².